The maximum absolute atomic E-state index is 4.42. The van der Waals surface area contributed by atoms with Crippen molar-refractivity contribution in [1.29, 1.82) is 0 Å². The summed E-state index contributed by atoms with van der Waals surface area (Å²) < 4.78 is 0. The molecule has 6 heteroatoms. The Kier molecular flexibility index (Phi) is 5.02. The fourth-order valence-corrected chi connectivity index (χ4v) is 7.68. The van der Waals surface area contributed by atoms with E-state index < -0.39 is 0 Å². The summed E-state index contributed by atoms with van der Waals surface area (Å²) in [6.45, 7) is 0. The van der Waals surface area contributed by atoms with Gasteiger partial charge in [-0.15, -0.1) is 0 Å². The van der Waals surface area contributed by atoms with Gasteiger partial charge in [-0.25, -0.2) is 0 Å². The molecule has 0 saturated carbocycles. The summed E-state index contributed by atoms with van der Waals surface area (Å²) >= 11 is 0. The second kappa shape index (κ2) is 9.44. The molecule has 1 aliphatic rings. The second-order valence-corrected chi connectivity index (χ2v) is 12.7. The number of aromatic nitrogens is 6. The monoisotopic (exact) mass is 614 g/mol. The molecule has 0 saturated heterocycles. The molecular weight excluding hydrogens is 589 g/mol. The molecule has 0 fully saturated rings. The van der Waals surface area contributed by atoms with Crippen LogP contribution in [-0.4, -0.2) is 29.9 Å². The first kappa shape index (κ1) is 25.5. The van der Waals surface area contributed by atoms with Crippen LogP contribution < -0.4 is 21.4 Å². The molecule has 0 spiro atoms. The van der Waals surface area contributed by atoms with Crippen molar-refractivity contribution in [2.45, 2.75) is 0 Å². The molecule has 8 bridgehead atoms. The van der Waals surface area contributed by atoms with Gasteiger partial charge >= 0.3 is 0 Å². The smallest absolute Gasteiger partial charge is 0.0486 e. The third kappa shape index (κ3) is 3.68. The molecule has 0 aliphatic carbocycles. The summed E-state index contributed by atoms with van der Waals surface area (Å²) in [5, 5.41) is 18.0. The number of fused-ring (bicyclic) bond motifs is 22. The van der Waals surface area contributed by atoms with Crippen LogP contribution in [0.2, 0.25) is 0 Å². The van der Waals surface area contributed by atoms with Gasteiger partial charge in [-0.05, 0) is 71.5 Å². The first-order valence-corrected chi connectivity index (χ1v) is 16.1. The summed E-state index contributed by atoms with van der Waals surface area (Å²) in [4.78, 5) is 24.1. The summed E-state index contributed by atoms with van der Waals surface area (Å²) in [6, 6.07) is 30.4. The zero-order chi connectivity index (χ0) is 31.3. The molecular formula is C42H26N6. The average molecular weight is 615 g/mol. The Morgan fingerprint density at radius 3 is 1.02 bits per heavy atom. The maximum atomic E-state index is 4.42. The summed E-state index contributed by atoms with van der Waals surface area (Å²) in [7, 11) is 0. The van der Waals surface area contributed by atoms with E-state index in [0.29, 0.717) is 0 Å². The lowest BCUT2D eigenvalue weighted by Gasteiger charge is -1.98. The van der Waals surface area contributed by atoms with E-state index in [4.69, 9.17) is 0 Å². The Labute approximate surface area is 272 Å². The molecule has 0 radical (unpaired) electrons. The Bertz CT molecular complexity index is 2810. The van der Waals surface area contributed by atoms with Crippen LogP contribution in [0.3, 0.4) is 0 Å². The SMILES string of the molecule is C1=c2[nH]c(c3cc4cnccc4cc23)=Cc2[nH]c(c3ccccc23)C=c2[nH]c(c3cc4cnccc4cc23)=Cc2[nH]c1c1ccccc21. The van der Waals surface area contributed by atoms with Crippen LogP contribution in [0.1, 0.15) is 22.8 Å². The fourth-order valence-electron chi connectivity index (χ4n) is 7.68. The van der Waals surface area contributed by atoms with E-state index >= 15 is 0 Å². The fraction of sp³-hybridized carbons (Fsp3) is 0. The van der Waals surface area contributed by atoms with Gasteiger partial charge in [-0.1, -0.05) is 48.5 Å². The third-order valence-electron chi connectivity index (χ3n) is 9.96. The highest BCUT2D eigenvalue weighted by Gasteiger charge is 2.13. The van der Waals surface area contributed by atoms with Gasteiger partial charge in [0.05, 0.1) is 0 Å². The van der Waals surface area contributed by atoms with Gasteiger partial charge in [0, 0.05) is 123 Å². The number of nitrogens with zero attached hydrogens (tertiary/aromatic N) is 2. The normalized spacial score (nSPS) is 12.8. The molecule has 11 rings (SSSR count). The minimum atomic E-state index is 1.04. The van der Waals surface area contributed by atoms with Gasteiger partial charge in [0.25, 0.3) is 0 Å². The van der Waals surface area contributed by atoms with E-state index in [-0.39, 0.29) is 0 Å². The molecule has 4 N–H and O–H groups in total. The molecule has 224 valence electrons. The van der Waals surface area contributed by atoms with Gasteiger partial charge in [0.2, 0.25) is 0 Å². The lowest BCUT2D eigenvalue weighted by Crippen LogP contribution is -2.11. The third-order valence-corrected chi connectivity index (χ3v) is 9.96. The second-order valence-electron chi connectivity index (χ2n) is 12.7. The van der Waals surface area contributed by atoms with Gasteiger partial charge in [-0.2, -0.15) is 0 Å². The highest BCUT2D eigenvalue weighted by molar-refractivity contribution is 6.04. The van der Waals surface area contributed by atoms with Crippen molar-refractivity contribution >= 4 is 88.9 Å². The number of hydrogen-bond donors (Lipinski definition) is 4. The molecule has 4 aromatic carbocycles. The van der Waals surface area contributed by atoms with E-state index in [9.17, 15) is 0 Å². The molecule has 0 amide bonds. The van der Waals surface area contributed by atoms with Crippen LogP contribution >= 0.6 is 0 Å². The molecule has 7 heterocycles. The maximum Gasteiger partial charge on any atom is 0.0486 e. The Morgan fingerprint density at radius 2 is 0.667 bits per heavy atom. The zero-order valence-corrected chi connectivity index (χ0v) is 25.6. The van der Waals surface area contributed by atoms with Gasteiger partial charge < -0.3 is 19.9 Å². The zero-order valence-electron chi connectivity index (χ0n) is 25.6. The largest absolute Gasteiger partial charge is 0.354 e. The van der Waals surface area contributed by atoms with Gasteiger partial charge in [-0.3, -0.25) is 9.97 Å². The number of hydrogen-bond acceptors (Lipinski definition) is 2. The first-order valence-electron chi connectivity index (χ1n) is 16.1. The summed E-state index contributed by atoms with van der Waals surface area (Å²) in [6.07, 6.45) is 16.6. The number of benzene rings is 4. The van der Waals surface area contributed by atoms with E-state index in [0.717, 1.165) is 87.3 Å². The van der Waals surface area contributed by atoms with E-state index in [1.165, 1.54) is 21.5 Å². The standard InChI is InChI=1S/C42H26N6/c1-3-7-29-27(5-1)35-17-39-31-13-23-9-11-43-21-25(23)15-33(31)42(47-39)20-38-30-8-4-2-6-28(30)36(46-38)18-40-32-14-24-10-12-44-22-26(24)16-34(32)41(48-40)19-37(29)45-35/h1-22,45-48H. The van der Waals surface area contributed by atoms with E-state index in [2.05, 4.69) is 139 Å². The predicted molar refractivity (Wildman–Crippen MR) is 197 cm³/mol. The van der Waals surface area contributed by atoms with E-state index in [1.807, 2.05) is 24.8 Å². The first-order chi connectivity index (χ1) is 23.7. The van der Waals surface area contributed by atoms with Crippen LogP contribution in [0.25, 0.3) is 88.9 Å². The van der Waals surface area contributed by atoms with Crippen LogP contribution in [0, 0.1) is 0 Å². The van der Waals surface area contributed by atoms with Crippen molar-refractivity contribution in [2.75, 3.05) is 0 Å². The van der Waals surface area contributed by atoms with Crippen molar-refractivity contribution in [2.24, 2.45) is 0 Å². The van der Waals surface area contributed by atoms with Crippen LogP contribution in [0.5, 0.6) is 0 Å². The van der Waals surface area contributed by atoms with Crippen molar-refractivity contribution in [3.63, 3.8) is 0 Å². The topological polar surface area (TPSA) is 88.9 Å². The molecule has 48 heavy (non-hydrogen) atoms. The van der Waals surface area contributed by atoms with Crippen LogP contribution in [-0.2, 0) is 0 Å². The van der Waals surface area contributed by atoms with Crippen LogP contribution in [0.4, 0.5) is 0 Å². The number of aromatic amines is 4. The average Bonchev–Trinajstić information content (AvgIpc) is 3.85. The molecule has 10 aromatic rings. The van der Waals surface area contributed by atoms with E-state index in [1.54, 1.807) is 0 Å². The molecule has 1 aliphatic heterocycles. The number of pyridine rings is 2. The molecule has 6 nitrogen and oxygen atoms in total. The quantitative estimate of drug-likeness (QED) is 0.161. The van der Waals surface area contributed by atoms with Gasteiger partial charge in [0.1, 0.15) is 0 Å². The van der Waals surface area contributed by atoms with Crippen molar-refractivity contribution in [3.8, 4) is 0 Å². The molecule has 6 aromatic heterocycles. The highest BCUT2D eigenvalue weighted by Crippen LogP contribution is 2.27. The summed E-state index contributed by atoms with van der Waals surface area (Å²) in [5.41, 5.74) is 4.21. The van der Waals surface area contributed by atoms with Crippen LogP contribution in [0.15, 0.2) is 110 Å². The minimum Gasteiger partial charge on any atom is -0.354 e. The molecule has 0 unspecified atom stereocenters. The minimum absolute atomic E-state index is 1.04. The van der Waals surface area contributed by atoms with Crippen molar-refractivity contribution in [1.82, 2.24) is 29.9 Å². The lowest BCUT2D eigenvalue weighted by atomic mass is 10.1. The molecule has 0 atom stereocenters. The Balaban J connectivity index is 1.35. The Hall–Kier alpha value is -6.66. The Morgan fingerprint density at radius 1 is 0.333 bits per heavy atom. The lowest BCUT2D eigenvalue weighted by molar-refractivity contribution is 1.25. The highest BCUT2D eigenvalue weighted by atomic mass is 14.8. The summed E-state index contributed by atoms with van der Waals surface area (Å²) in [5.74, 6) is 0. The number of nitrogens with one attached hydrogen (secondary N) is 4. The van der Waals surface area contributed by atoms with Gasteiger partial charge in [0.15, 0.2) is 0 Å². The number of rotatable bonds is 0. The van der Waals surface area contributed by atoms with Crippen molar-refractivity contribution in [3.05, 3.63) is 154 Å². The predicted octanol–water partition coefficient (Wildman–Crippen LogP) is 6.34. The van der Waals surface area contributed by atoms with Crippen molar-refractivity contribution < 1.29 is 0 Å². The number of H-pyrrole nitrogens is 4.